The molecule has 0 fully saturated rings. The second kappa shape index (κ2) is 3.17. The van der Waals surface area contributed by atoms with Crippen LogP contribution in [-0.4, -0.2) is 0 Å². The van der Waals surface area contributed by atoms with Crippen LogP contribution in [0.3, 0.4) is 0 Å². The molecule has 1 unspecified atom stereocenters. The minimum absolute atomic E-state index is 0.487. The van der Waals surface area contributed by atoms with E-state index in [0.29, 0.717) is 5.92 Å². The number of hydrogen-bond acceptors (Lipinski definition) is 1. The Bertz CT molecular complexity index is 608. The fourth-order valence-electron chi connectivity index (χ4n) is 2.04. The third-order valence-electron chi connectivity index (χ3n) is 2.77. The Hall–Kier alpha value is -1.15. The molecule has 0 bridgehead atoms. The molecule has 1 aromatic carbocycles. The predicted octanol–water partition coefficient (Wildman–Crippen LogP) is 2.32. The van der Waals surface area contributed by atoms with Gasteiger partial charge in [-0.2, -0.15) is 0 Å². The zero-order chi connectivity index (χ0) is 10.4. The maximum absolute atomic E-state index is 4.63. The quantitative estimate of drug-likeness (QED) is 0.678. The summed E-state index contributed by atoms with van der Waals surface area (Å²) >= 11 is 3.58. The first-order chi connectivity index (χ1) is 7.25. The molecule has 1 aromatic rings. The summed E-state index contributed by atoms with van der Waals surface area (Å²) in [4.78, 5) is 4.63. The van der Waals surface area contributed by atoms with Crippen molar-refractivity contribution in [2.75, 3.05) is 0 Å². The van der Waals surface area contributed by atoms with Gasteiger partial charge in [0.05, 0.1) is 11.1 Å². The van der Waals surface area contributed by atoms with Crippen LogP contribution in [0.1, 0.15) is 6.92 Å². The highest BCUT2D eigenvalue weighted by Gasteiger charge is 2.15. The van der Waals surface area contributed by atoms with E-state index in [-0.39, 0.29) is 0 Å². The molecule has 0 amide bonds. The average Bonchev–Trinajstić information content (AvgIpc) is 2.56. The molecule has 1 aliphatic heterocycles. The van der Waals surface area contributed by atoms with Crippen molar-refractivity contribution in [2.45, 2.75) is 6.92 Å². The van der Waals surface area contributed by atoms with Crippen molar-refractivity contribution in [3.8, 4) is 0 Å². The Labute approximate surface area is 96.7 Å². The standard InChI is InChI=1S/C13H10BrN/c1-8-5-6-9-12(7-8)15-11-4-2-3-10(14)13(9)11/h2-8H,1H3. The summed E-state index contributed by atoms with van der Waals surface area (Å²) in [5.74, 6) is 0.487. The number of benzene rings is 1. The molecule has 1 heterocycles. The van der Waals surface area contributed by atoms with E-state index in [4.69, 9.17) is 0 Å². The van der Waals surface area contributed by atoms with Gasteiger partial charge in [-0.1, -0.05) is 47.1 Å². The van der Waals surface area contributed by atoms with E-state index in [2.05, 4.69) is 58.2 Å². The van der Waals surface area contributed by atoms with E-state index in [1.165, 1.54) is 10.8 Å². The van der Waals surface area contributed by atoms with Crippen molar-refractivity contribution in [3.63, 3.8) is 0 Å². The van der Waals surface area contributed by atoms with E-state index in [1.807, 2.05) is 6.07 Å². The van der Waals surface area contributed by atoms with Crippen LogP contribution in [0.2, 0.25) is 0 Å². The zero-order valence-electron chi connectivity index (χ0n) is 8.37. The summed E-state index contributed by atoms with van der Waals surface area (Å²) < 4.78 is 1.13. The lowest BCUT2D eigenvalue weighted by atomic mass is 9.99. The summed E-state index contributed by atoms with van der Waals surface area (Å²) in [6, 6.07) is 6.15. The van der Waals surface area contributed by atoms with Crippen LogP contribution in [0.5, 0.6) is 0 Å². The molecule has 0 saturated heterocycles. The van der Waals surface area contributed by atoms with Gasteiger partial charge >= 0.3 is 0 Å². The van der Waals surface area contributed by atoms with E-state index in [9.17, 15) is 0 Å². The number of rotatable bonds is 0. The summed E-state index contributed by atoms with van der Waals surface area (Å²) in [5, 5.41) is 2.30. The monoisotopic (exact) mass is 259 g/mol. The van der Waals surface area contributed by atoms with E-state index >= 15 is 0 Å². The van der Waals surface area contributed by atoms with E-state index in [1.54, 1.807) is 0 Å². The van der Waals surface area contributed by atoms with Crippen LogP contribution < -0.4 is 10.6 Å². The second-order valence-electron chi connectivity index (χ2n) is 3.93. The van der Waals surface area contributed by atoms with Crippen molar-refractivity contribution in [2.24, 2.45) is 10.9 Å². The van der Waals surface area contributed by atoms with Crippen molar-refractivity contribution in [1.29, 1.82) is 0 Å². The van der Waals surface area contributed by atoms with Gasteiger partial charge in [0.1, 0.15) is 0 Å². The Kier molecular flexibility index (Phi) is 1.93. The largest absolute Gasteiger partial charge is 0.248 e. The average molecular weight is 260 g/mol. The first-order valence-electron chi connectivity index (χ1n) is 5.03. The highest BCUT2D eigenvalue weighted by atomic mass is 79.9. The van der Waals surface area contributed by atoms with Crippen LogP contribution in [0.4, 0.5) is 0 Å². The van der Waals surface area contributed by atoms with Crippen molar-refractivity contribution in [3.05, 3.63) is 57.2 Å². The molecule has 74 valence electrons. The Balaban J connectivity index is 2.44. The van der Waals surface area contributed by atoms with Gasteiger partial charge in [-0.05, 0) is 18.1 Å². The summed E-state index contributed by atoms with van der Waals surface area (Å²) in [5.41, 5.74) is 2.36. The third kappa shape index (κ3) is 1.32. The van der Waals surface area contributed by atoms with E-state index in [0.717, 1.165) is 15.5 Å². The first kappa shape index (κ1) is 9.10. The highest BCUT2D eigenvalue weighted by Crippen LogP contribution is 2.24. The minimum atomic E-state index is 0.487. The predicted molar refractivity (Wildman–Crippen MR) is 64.7 cm³/mol. The fraction of sp³-hybridized carbons (Fsp3) is 0.154. The van der Waals surface area contributed by atoms with Gasteiger partial charge < -0.3 is 0 Å². The van der Waals surface area contributed by atoms with Gasteiger partial charge in [0.15, 0.2) is 0 Å². The van der Waals surface area contributed by atoms with Crippen LogP contribution in [0, 0.1) is 5.92 Å². The summed E-state index contributed by atoms with van der Waals surface area (Å²) in [6.45, 7) is 2.17. The Morgan fingerprint density at radius 2 is 2.20 bits per heavy atom. The molecule has 0 aromatic heterocycles. The molecular weight excluding hydrogens is 250 g/mol. The number of fused-ring (bicyclic) bond motifs is 2. The molecule has 2 heteroatoms. The number of hydrogen-bond donors (Lipinski definition) is 0. The van der Waals surface area contributed by atoms with Gasteiger partial charge in [-0.3, -0.25) is 0 Å². The molecule has 1 nitrogen and oxygen atoms in total. The van der Waals surface area contributed by atoms with Crippen molar-refractivity contribution >= 4 is 21.5 Å². The lowest BCUT2D eigenvalue weighted by Gasteiger charge is -2.08. The molecule has 1 aliphatic carbocycles. The summed E-state index contributed by atoms with van der Waals surface area (Å²) in [6.07, 6.45) is 6.60. The van der Waals surface area contributed by atoms with Gasteiger partial charge in [-0.25, -0.2) is 4.99 Å². The van der Waals surface area contributed by atoms with Gasteiger partial charge in [0.25, 0.3) is 0 Å². The van der Waals surface area contributed by atoms with E-state index < -0.39 is 0 Å². The first-order valence-corrected chi connectivity index (χ1v) is 5.83. The molecule has 2 aliphatic rings. The minimum Gasteiger partial charge on any atom is -0.248 e. The maximum atomic E-state index is 4.63. The number of nitrogens with zero attached hydrogens (tertiary/aromatic N) is 1. The topological polar surface area (TPSA) is 12.4 Å². The lowest BCUT2D eigenvalue weighted by molar-refractivity contribution is 0.920. The fourth-order valence-corrected chi connectivity index (χ4v) is 2.61. The molecule has 1 atom stereocenters. The Morgan fingerprint density at radius 3 is 3.07 bits per heavy atom. The molecule has 0 N–H and O–H groups in total. The smallest absolute Gasteiger partial charge is 0.0727 e. The zero-order valence-corrected chi connectivity index (χ0v) is 9.95. The normalized spacial score (nSPS) is 21.9. The molecule has 0 radical (unpaired) electrons. The second-order valence-corrected chi connectivity index (χ2v) is 4.78. The molecular formula is C13H10BrN. The van der Waals surface area contributed by atoms with Crippen molar-refractivity contribution in [1.82, 2.24) is 0 Å². The maximum Gasteiger partial charge on any atom is 0.0727 e. The van der Waals surface area contributed by atoms with Gasteiger partial charge in [0, 0.05) is 15.3 Å². The SMILES string of the molecule is CC1C=CC2=c3c(Br)cccc3=NC2=C1. The molecule has 3 rings (SSSR count). The number of allylic oxidation sites excluding steroid dienone is 3. The number of halogens is 1. The van der Waals surface area contributed by atoms with Crippen LogP contribution in [0.15, 0.2) is 51.6 Å². The van der Waals surface area contributed by atoms with Crippen LogP contribution in [0.25, 0.3) is 5.57 Å². The molecule has 0 saturated carbocycles. The van der Waals surface area contributed by atoms with Crippen molar-refractivity contribution < 1.29 is 0 Å². The van der Waals surface area contributed by atoms with Crippen LogP contribution in [-0.2, 0) is 0 Å². The summed E-state index contributed by atoms with van der Waals surface area (Å²) in [7, 11) is 0. The van der Waals surface area contributed by atoms with Gasteiger partial charge in [0.2, 0.25) is 0 Å². The van der Waals surface area contributed by atoms with Gasteiger partial charge in [-0.15, -0.1) is 0 Å². The third-order valence-corrected chi connectivity index (χ3v) is 3.43. The lowest BCUT2D eigenvalue weighted by Crippen LogP contribution is -2.23. The molecule has 0 spiro atoms. The highest BCUT2D eigenvalue weighted by molar-refractivity contribution is 9.10. The molecule has 15 heavy (non-hydrogen) atoms. The Morgan fingerprint density at radius 1 is 1.33 bits per heavy atom. The van der Waals surface area contributed by atoms with Crippen LogP contribution >= 0.6 is 15.9 Å².